The van der Waals surface area contributed by atoms with Crippen molar-refractivity contribution in [2.24, 2.45) is 0 Å². The van der Waals surface area contributed by atoms with Gasteiger partial charge >= 0.3 is 12.2 Å². The molecule has 3 rings (SSSR count). The quantitative estimate of drug-likeness (QED) is 0.770. The average Bonchev–Trinajstić information content (AvgIpc) is 2.96. The van der Waals surface area contributed by atoms with E-state index in [1.807, 2.05) is 30.3 Å². The molecule has 0 aliphatic carbocycles. The van der Waals surface area contributed by atoms with E-state index in [0.29, 0.717) is 0 Å². The molecule has 0 N–H and O–H groups in total. The van der Waals surface area contributed by atoms with Crippen LogP contribution < -0.4 is 0 Å². The van der Waals surface area contributed by atoms with Crippen LogP contribution in [0.15, 0.2) is 30.3 Å². The van der Waals surface area contributed by atoms with E-state index in [2.05, 4.69) is 0 Å². The highest BCUT2D eigenvalue weighted by Crippen LogP contribution is 2.55. The maximum Gasteiger partial charge on any atom is 0.416 e. The van der Waals surface area contributed by atoms with E-state index >= 15 is 0 Å². The van der Waals surface area contributed by atoms with E-state index < -0.39 is 35.3 Å². The van der Waals surface area contributed by atoms with Gasteiger partial charge in [0.05, 0.1) is 12.6 Å². The summed E-state index contributed by atoms with van der Waals surface area (Å²) in [5.41, 5.74) is -1.04. The molecular formula is C18H22N2O5. The first kappa shape index (κ1) is 17.3. The summed E-state index contributed by atoms with van der Waals surface area (Å²) in [6.07, 6.45) is -1.25. The van der Waals surface area contributed by atoms with Gasteiger partial charge < -0.3 is 9.47 Å². The van der Waals surface area contributed by atoms with Crippen LogP contribution in [0.5, 0.6) is 0 Å². The number of benzene rings is 1. The molecule has 2 aliphatic rings. The molecule has 0 radical (unpaired) electrons. The summed E-state index contributed by atoms with van der Waals surface area (Å²) in [5, 5.41) is 0. The summed E-state index contributed by atoms with van der Waals surface area (Å²) in [7, 11) is 0. The Morgan fingerprint density at radius 1 is 1.24 bits per heavy atom. The number of nitrogens with zero attached hydrogens (tertiary/aromatic N) is 2. The van der Waals surface area contributed by atoms with Crippen molar-refractivity contribution in [1.29, 1.82) is 0 Å². The van der Waals surface area contributed by atoms with E-state index in [4.69, 9.17) is 9.47 Å². The van der Waals surface area contributed by atoms with Crippen LogP contribution in [-0.2, 0) is 14.3 Å². The molecule has 2 heterocycles. The minimum atomic E-state index is -1.17. The number of hydrogen-bond donors (Lipinski definition) is 0. The van der Waals surface area contributed by atoms with Gasteiger partial charge in [-0.15, -0.1) is 0 Å². The summed E-state index contributed by atoms with van der Waals surface area (Å²) in [6.45, 7) is 7.32. The fourth-order valence-corrected chi connectivity index (χ4v) is 3.18. The fraction of sp³-hybridized carbons (Fsp3) is 0.500. The lowest BCUT2D eigenvalue weighted by atomic mass is 10.00. The highest BCUT2D eigenvalue weighted by atomic mass is 16.6. The Kier molecular flexibility index (Phi) is 3.97. The lowest BCUT2D eigenvalue weighted by Gasteiger charge is -2.22. The van der Waals surface area contributed by atoms with Gasteiger partial charge in [-0.2, -0.15) is 0 Å². The van der Waals surface area contributed by atoms with Crippen molar-refractivity contribution in [1.82, 2.24) is 9.80 Å². The summed E-state index contributed by atoms with van der Waals surface area (Å²) < 4.78 is 10.3. The third kappa shape index (κ3) is 2.94. The number of amides is 3. The molecule has 0 saturated carbocycles. The second-order valence-corrected chi connectivity index (χ2v) is 7.38. The van der Waals surface area contributed by atoms with Crippen LogP contribution in [0.2, 0.25) is 0 Å². The zero-order chi connectivity index (χ0) is 18.4. The van der Waals surface area contributed by atoms with Gasteiger partial charge in [-0.3, -0.25) is 9.69 Å². The number of ether oxygens (including phenoxy) is 2. The molecule has 2 fully saturated rings. The van der Waals surface area contributed by atoms with Gasteiger partial charge in [-0.25, -0.2) is 14.5 Å². The Morgan fingerprint density at radius 2 is 1.88 bits per heavy atom. The number of hydrogen-bond acceptors (Lipinski definition) is 5. The number of rotatable bonds is 2. The first-order valence-electron chi connectivity index (χ1n) is 8.22. The van der Waals surface area contributed by atoms with E-state index in [1.54, 1.807) is 27.7 Å². The van der Waals surface area contributed by atoms with Crippen LogP contribution >= 0.6 is 0 Å². The fourth-order valence-electron chi connectivity index (χ4n) is 3.18. The maximum absolute atomic E-state index is 13.0. The summed E-state index contributed by atoms with van der Waals surface area (Å²) in [5.74, 6) is -0.449. The van der Waals surface area contributed by atoms with Gasteiger partial charge in [0.25, 0.3) is 5.91 Å². The van der Waals surface area contributed by atoms with Gasteiger partial charge in [-0.05, 0) is 33.3 Å². The molecule has 1 aromatic carbocycles. The van der Waals surface area contributed by atoms with Gasteiger partial charge in [0.1, 0.15) is 17.7 Å². The Hall–Kier alpha value is -2.57. The van der Waals surface area contributed by atoms with Crippen LogP contribution in [0.4, 0.5) is 9.59 Å². The first-order chi connectivity index (χ1) is 11.7. The lowest BCUT2D eigenvalue weighted by molar-refractivity contribution is -0.131. The lowest BCUT2D eigenvalue weighted by Crippen LogP contribution is -2.44. The molecule has 0 aromatic heterocycles. The predicted octanol–water partition coefficient (Wildman–Crippen LogP) is 2.72. The summed E-state index contributed by atoms with van der Waals surface area (Å²) in [4.78, 5) is 39.9. The SMILES string of the molecule is CC(C)(C)OC(=O)N1[C@H](c2ccccc2)[C@@]1(C)C(=O)N1CCOC1=O. The number of imide groups is 1. The number of carbonyl (C=O) groups excluding carboxylic acids is 3. The Balaban J connectivity index is 1.92. The van der Waals surface area contributed by atoms with Gasteiger partial charge in [-0.1, -0.05) is 30.3 Å². The molecule has 2 aliphatic heterocycles. The maximum atomic E-state index is 13.0. The van der Waals surface area contributed by atoms with Crippen LogP contribution in [0.25, 0.3) is 0 Å². The standard InChI is InChI=1S/C18H22N2O5/c1-17(2,3)25-16(23)20-13(12-8-6-5-7-9-12)18(20,4)14(21)19-10-11-24-15(19)22/h5-9,13H,10-11H2,1-4H3/t13-,18+,20?/m1/s1. The van der Waals surface area contributed by atoms with Crippen molar-refractivity contribution in [3.8, 4) is 0 Å². The minimum Gasteiger partial charge on any atom is -0.447 e. The number of cyclic esters (lactones) is 1. The molecule has 0 spiro atoms. The van der Waals surface area contributed by atoms with Crippen LogP contribution in [-0.4, -0.2) is 52.2 Å². The van der Waals surface area contributed by atoms with Crippen molar-refractivity contribution < 1.29 is 23.9 Å². The molecule has 25 heavy (non-hydrogen) atoms. The molecule has 7 nitrogen and oxygen atoms in total. The third-order valence-corrected chi connectivity index (χ3v) is 4.37. The average molecular weight is 346 g/mol. The molecular weight excluding hydrogens is 324 g/mol. The molecule has 1 aromatic rings. The summed E-state index contributed by atoms with van der Waals surface area (Å²) in [6, 6.07) is 8.77. The largest absolute Gasteiger partial charge is 0.447 e. The van der Waals surface area contributed by atoms with E-state index in [9.17, 15) is 14.4 Å². The van der Waals surface area contributed by atoms with Gasteiger partial charge in [0, 0.05) is 0 Å². The second kappa shape index (κ2) is 5.75. The monoisotopic (exact) mass is 346 g/mol. The summed E-state index contributed by atoms with van der Waals surface area (Å²) >= 11 is 0. The highest BCUT2D eigenvalue weighted by molar-refractivity contribution is 6.03. The molecule has 0 unspecified atom stereocenters. The molecule has 2 saturated heterocycles. The van der Waals surface area contributed by atoms with Crippen molar-refractivity contribution in [3.05, 3.63) is 35.9 Å². The van der Waals surface area contributed by atoms with Crippen molar-refractivity contribution >= 4 is 18.1 Å². The molecule has 7 heteroatoms. The van der Waals surface area contributed by atoms with Gasteiger partial charge in [0.15, 0.2) is 0 Å². The third-order valence-electron chi connectivity index (χ3n) is 4.37. The highest BCUT2D eigenvalue weighted by Gasteiger charge is 2.70. The van der Waals surface area contributed by atoms with Crippen LogP contribution in [0.3, 0.4) is 0 Å². The van der Waals surface area contributed by atoms with Crippen molar-refractivity contribution in [2.75, 3.05) is 13.2 Å². The normalized spacial score (nSPS) is 25.6. The van der Waals surface area contributed by atoms with Gasteiger partial charge in [0.2, 0.25) is 0 Å². The number of carbonyl (C=O) groups is 3. The van der Waals surface area contributed by atoms with E-state index in [0.717, 1.165) is 10.5 Å². The topological polar surface area (TPSA) is 75.9 Å². The zero-order valence-corrected chi connectivity index (χ0v) is 14.8. The van der Waals surface area contributed by atoms with Crippen LogP contribution in [0.1, 0.15) is 39.3 Å². The van der Waals surface area contributed by atoms with E-state index in [-0.39, 0.29) is 13.2 Å². The Morgan fingerprint density at radius 3 is 2.40 bits per heavy atom. The second-order valence-electron chi connectivity index (χ2n) is 7.38. The van der Waals surface area contributed by atoms with Crippen molar-refractivity contribution in [3.63, 3.8) is 0 Å². The minimum absolute atomic E-state index is 0.170. The first-order valence-corrected chi connectivity index (χ1v) is 8.22. The molecule has 2 atom stereocenters. The zero-order valence-electron chi connectivity index (χ0n) is 14.8. The van der Waals surface area contributed by atoms with E-state index in [1.165, 1.54) is 4.90 Å². The molecule has 134 valence electrons. The molecule has 0 bridgehead atoms. The predicted molar refractivity (Wildman–Crippen MR) is 88.7 cm³/mol. The Bertz CT molecular complexity index is 712. The Labute approximate surface area is 146 Å². The molecule has 3 amide bonds. The van der Waals surface area contributed by atoms with Crippen LogP contribution in [0, 0.1) is 0 Å². The smallest absolute Gasteiger partial charge is 0.416 e. The van der Waals surface area contributed by atoms with Crippen molar-refractivity contribution in [2.45, 2.75) is 44.9 Å².